The number of nitrogens with zero attached hydrogens (tertiary/aromatic N) is 2. The van der Waals surface area contributed by atoms with E-state index in [-0.39, 0.29) is 18.5 Å². The maximum atomic E-state index is 12.9. The lowest BCUT2D eigenvalue weighted by Gasteiger charge is -2.24. The summed E-state index contributed by atoms with van der Waals surface area (Å²) in [5.41, 5.74) is 0.122. The molecule has 0 saturated carbocycles. The molecule has 1 aromatic heterocycles. The minimum atomic E-state index is -1.28. The van der Waals surface area contributed by atoms with Gasteiger partial charge in [-0.2, -0.15) is 0 Å². The van der Waals surface area contributed by atoms with Crippen molar-refractivity contribution in [1.29, 1.82) is 0 Å². The number of imide groups is 1. The van der Waals surface area contributed by atoms with E-state index in [0.717, 1.165) is 10.5 Å². The molecule has 7 heteroatoms. The maximum Gasteiger partial charge on any atom is 0.325 e. The van der Waals surface area contributed by atoms with E-state index >= 15 is 0 Å². The van der Waals surface area contributed by atoms with E-state index in [1.165, 1.54) is 0 Å². The number of carbonyl (C=O) groups excluding carboxylic acids is 3. The first-order chi connectivity index (χ1) is 13.3. The third-order valence-electron chi connectivity index (χ3n) is 4.90. The van der Waals surface area contributed by atoms with Gasteiger partial charge in [-0.25, -0.2) is 4.79 Å². The quantitative estimate of drug-likeness (QED) is 0.753. The van der Waals surface area contributed by atoms with E-state index in [1.807, 2.05) is 44.2 Å². The van der Waals surface area contributed by atoms with Gasteiger partial charge < -0.3 is 10.6 Å². The summed E-state index contributed by atoms with van der Waals surface area (Å²) in [7, 11) is 0. The van der Waals surface area contributed by atoms with Crippen LogP contribution < -0.4 is 10.6 Å². The summed E-state index contributed by atoms with van der Waals surface area (Å²) in [4.78, 5) is 43.0. The number of aromatic nitrogens is 1. The third-order valence-corrected chi connectivity index (χ3v) is 4.90. The van der Waals surface area contributed by atoms with Crippen molar-refractivity contribution in [2.24, 2.45) is 5.92 Å². The van der Waals surface area contributed by atoms with Gasteiger partial charge in [-0.3, -0.25) is 19.5 Å². The van der Waals surface area contributed by atoms with Crippen molar-refractivity contribution < 1.29 is 14.4 Å². The van der Waals surface area contributed by atoms with Crippen molar-refractivity contribution in [2.45, 2.75) is 32.4 Å². The van der Waals surface area contributed by atoms with Gasteiger partial charge in [-0.1, -0.05) is 50.2 Å². The summed E-state index contributed by atoms with van der Waals surface area (Å²) < 4.78 is 0. The molecular weight excluding hydrogens is 356 g/mol. The van der Waals surface area contributed by atoms with E-state index in [0.29, 0.717) is 5.69 Å². The molecule has 1 saturated heterocycles. The largest absolute Gasteiger partial charge is 0.347 e. The second-order valence-corrected chi connectivity index (χ2v) is 7.36. The highest BCUT2D eigenvalue weighted by Crippen LogP contribution is 2.27. The van der Waals surface area contributed by atoms with Gasteiger partial charge in [-0.15, -0.1) is 0 Å². The van der Waals surface area contributed by atoms with Crippen molar-refractivity contribution in [3.8, 4) is 0 Å². The maximum absolute atomic E-state index is 12.9. The predicted octanol–water partition coefficient (Wildman–Crippen LogP) is 2.36. The molecule has 28 heavy (non-hydrogen) atoms. The van der Waals surface area contributed by atoms with Gasteiger partial charge in [0.05, 0.1) is 11.7 Å². The number of carbonyl (C=O) groups is 3. The molecule has 3 rings (SSSR count). The second-order valence-electron chi connectivity index (χ2n) is 7.36. The van der Waals surface area contributed by atoms with Crippen LogP contribution in [0.2, 0.25) is 0 Å². The zero-order valence-electron chi connectivity index (χ0n) is 16.2. The standard InChI is InChI=1S/C21H24N4O3/c1-14(2)18(15-9-5-4-6-10-15)23-17(26)13-25-19(27)21(3,24-20(25)28)16-11-7-8-12-22-16/h4-12,14,18H,13H2,1-3H3,(H,23,26)(H,24,28). The normalized spacial score (nSPS) is 20.2. The van der Waals surface area contributed by atoms with Gasteiger partial charge in [0.15, 0.2) is 5.54 Å². The summed E-state index contributed by atoms with van der Waals surface area (Å²) in [5.74, 6) is -0.739. The summed E-state index contributed by atoms with van der Waals surface area (Å²) in [5, 5.41) is 5.59. The Balaban J connectivity index is 1.73. The number of hydrogen-bond donors (Lipinski definition) is 2. The van der Waals surface area contributed by atoms with Crippen LogP contribution in [0.3, 0.4) is 0 Å². The van der Waals surface area contributed by atoms with Crippen molar-refractivity contribution in [3.05, 3.63) is 66.0 Å². The number of rotatable bonds is 6. The molecule has 0 spiro atoms. The van der Waals surface area contributed by atoms with Crippen molar-refractivity contribution in [2.75, 3.05) is 6.54 Å². The van der Waals surface area contributed by atoms with Crippen molar-refractivity contribution in [1.82, 2.24) is 20.5 Å². The Hall–Kier alpha value is -3.22. The van der Waals surface area contributed by atoms with E-state index in [9.17, 15) is 14.4 Å². The van der Waals surface area contributed by atoms with Crippen LogP contribution in [0.5, 0.6) is 0 Å². The lowest BCUT2D eigenvalue weighted by molar-refractivity contribution is -0.135. The number of pyridine rings is 1. The zero-order valence-corrected chi connectivity index (χ0v) is 16.2. The predicted molar refractivity (Wildman–Crippen MR) is 104 cm³/mol. The van der Waals surface area contributed by atoms with Crippen LogP contribution in [-0.4, -0.2) is 34.3 Å². The first-order valence-electron chi connectivity index (χ1n) is 9.23. The Morgan fingerprint density at radius 3 is 2.43 bits per heavy atom. The van der Waals surface area contributed by atoms with Crippen LogP contribution in [0.15, 0.2) is 54.7 Å². The molecule has 146 valence electrons. The van der Waals surface area contributed by atoms with Crippen LogP contribution in [-0.2, 0) is 15.1 Å². The Morgan fingerprint density at radius 2 is 1.82 bits per heavy atom. The van der Waals surface area contributed by atoms with Crippen LogP contribution in [0.25, 0.3) is 0 Å². The Bertz CT molecular complexity index is 870. The molecule has 0 radical (unpaired) electrons. The molecule has 1 fully saturated rings. The molecule has 1 aliphatic heterocycles. The summed E-state index contributed by atoms with van der Waals surface area (Å²) in [6.45, 7) is 5.26. The highest BCUT2D eigenvalue weighted by molar-refractivity contribution is 6.08. The summed E-state index contributed by atoms with van der Waals surface area (Å²) in [6.07, 6.45) is 1.56. The summed E-state index contributed by atoms with van der Waals surface area (Å²) in [6, 6.07) is 13.9. The van der Waals surface area contributed by atoms with Gasteiger partial charge >= 0.3 is 6.03 Å². The fourth-order valence-electron chi connectivity index (χ4n) is 3.33. The van der Waals surface area contributed by atoms with Crippen molar-refractivity contribution >= 4 is 17.8 Å². The van der Waals surface area contributed by atoms with Gasteiger partial charge in [0.25, 0.3) is 5.91 Å². The minimum Gasteiger partial charge on any atom is -0.347 e. The molecule has 4 amide bonds. The number of urea groups is 1. The first kappa shape index (κ1) is 19.5. The Morgan fingerprint density at radius 1 is 1.14 bits per heavy atom. The molecule has 2 unspecified atom stereocenters. The topological polar surface area (TPSA) is 91.4 Å². The number of benzene rings is 1. The number of hydrogen-bond acceptors (Lipinski definition) is 4. The third kappa shape index (κ3) is 3.74. The van der Waals surface area contributed by atoms with E-state index < -0.39 is 23.4 Å². The number of nitrogens with one attached hydrogen (secondary N) is 2. The lowest BCUT2D eigenvalue weighted by atomic mass is 9.96. The fraction of sp³-hybridized carbons (Fsp3) is 0.333. The van der Waals surface area contributed by atoms with Gasteiger partial charge in [0, 0.05) is 6.20 Å². The second kappa shape index (κ2) is 7.80. The molecule has 2 heterocycles. The Kier molecular flexibility index (Phi) is 5.44. The van der Waals surface area contributed by atoms with Gasteiger partial charge in [0.1, 0.15) is 6.54 Å². The SMILES string of the molecule is CC(C)C(NC(=O)CN1C(=O)NC(C)(c2ccccn2)C1=O)c1ccccc1. The zero-order chi connectivity index (χ0) is 20.3. The molecule has 1 aliphatic rings. The van der Waals surface area contributed by atoms with Gasteiger partial charge in [-0.05, 0) is 30.5 Å². The average Bonchev–Trinajstić information content (AvgIpc) is 2.91. The monoisotopic (exact) mass is 380 g/mol. The summed E-state index contributed by atoms with van der Waals surface area (Å²) >= 11 is 0. The number of amides is 4. The first-order valence-corrected chi connectivity index (χ1v) is 9.23. The molecule has 2 atom stereocenters. The molecule has 0 bridgehead atoms. The lowest BCUT2D eigenvalue weighted by Crippen LogP contribution is -2.44. The Labute approximate surface area is 164 Å². The fourth-order valence-corrected chi connectivity index (χ4v) is 3.33. The molecule has 1 aromatic carbocycles. The van der Waals surface area contributed by atoms with E-state index in [2.05, 4.69) is 15.6 Å². The smallest absolute Gasteiger partial charge is 0.325 e. The van der Waals surface area contributed by atoms with Crippen LogP contribution >= 0.6 is 0 Å². The highest BCUT2D eigenvalue weighted by Gasteiger charge is 2.50. The molecular formula is C21H24N4O3. The van der Waals surface area contributed by atoms with E-state index in [1.54, 1.807) is 31.3 Å². The van der Waals surface area contributed by atoms with Crippen LogP contribution in [0.4, 0.5) is 4.79 Å². The average molecular weight is 380 g/mol. The molecule has 0 aliphatic carbocycles. The van der Waals surface area contributed by atoms with Crippen LogP contribution in [0.1, 0.15) is 38.1 Å². The van der Waals surface area contributed by atoms with Crippen LogP contribution in [0, 0.1) is 5.92 Å². The van der Waals surface area contributed by atoms with Crippen molar-refractivity contribution in [3.63, 3.8) is 0 Å². The molecule has 2 aromatic rings. The minimum absolute atomic E-state index is 0.147. The molecule has 7 nitrogen and oxygen atoms in total. The van der Waals surface area contributed by atoms with E-state index in [4.69, 9.17) is 0 Å². The highest BCUT2D eigenvalue weighted by atomic mass is 16.2. The van der Waals surface area contributed by atoms with Gasteiger partial charge in [0.2, 0.25) is 5.91 Å². The molecule has 2 N–H and O–H groups in total.